The van der Waals surface area contributed by atoms with Crippen molar-refractivity contribution in [1.82, 2.24) is 19.5 Å². The van der Waals surface area contributed by atoms with Crippen molar-refractivity contribution in [1.29, 1.82) is 5.26 Å². The minimum atomic E-state index is -4.63. The van der Waals surface area contributed by atoms with Gasteiger partial charge in [0.05, 0.1) is 17.2 Å². The van der Waals surface area contributed by atoms with Crippen molar-refractivity contribution in [2.75, 3.05) is 5.73 Å². The number of rotatable bonds is 5. The van der Waals surface area contributed by atoms with Gasteiger partial charge in [0.25, 0.3) is 0 Å². The van der Waals surface area contributed by atoms with Crippen molar-refractivity contribution in [3.63, 3.8) is 0 Å². The number of nitriles is 1. The lowest BCUT2D eigenvalue weighted by molar-refractivity contribution is -0.137. The largest absolute Gasteiger partial charge is 0.417 e. The Bertz CT molecular complexity index is 1110. The molecule has 10 heteroatoms. The maximum absolute atomic E-state index is 13.2. The van der Waals surface area contributed by atoms with Crippen LogP contribution in [0.5, 0.6) is 0 Å². The van der Waals surface area contributed by atoms with Crippen LogP contribution in [0.25, 0.3) is 11.2 Å². The number of fused-ring (bicyclic) bond motifs is 1. The zero-order valence-electron chi connectivity index (χ0n) is 14.4. The lowest BCUT2D eigenvalue weighted by Gasteiger charge is -2.11. The highest BCUT2D eigenvalue weighted by atomic mass is 32.2. The van der Waals surface area contributed by atoms with E-state index in [0.717, 1.165) is 23.9 Å². The number of nitrogens with zero attached hydrogens (tertiary/aromatic N) is 5. The molecule has 142 valence electrons. The van der Waals surface area contributed by atoms with Crippen LogP contribution in [0.4, 0.5) is 19.0 Å². The molecule has 0 fully saturated rings. The van der Waals surface area contributed by atoms with Crippen molar-refractivity contribution in [2.45, 2.75) is 35.6 Å². The minimum absolute atomic E-state index is 0.179. The van der Waals surface area contributed by atoms with Crippen LogP contribution in [0, 0.1) is 23.7 Å². The van der Waals surface area contributed by atoms with E-state index in [4.69, 9.17) is 17.4 Å². The van der Waals surface area contributed by atoms with Crippen LogP contribution in [0.3, 0.4) is 0 Å². The van der Waals surface area contributed by atoms with E-state index in [-0.39, 0.29) is 10.7 Å². The Morgan fingerprint density at radius 2 is 2.07 bits per heavy atom. The smallest absolute Gasteiger partial charge is 0.382 e. The number of imidazole rings is 1. The third kappa shape index (κ3) is 3.87. The van der Waals surface area contributed by atoms with E-state index in [1.165, 1.54) is 12.4 Å². The second kappa shape index (κ2) is 7.79. The monoisotopic (exact) mass is 402 g/mol. The van der Waals surface area contributed by atoms with Crippen molar-refractivity contribution >= 4 is 28.7 Å². The molecule has 3 rings (SSSR count). The lowest BCUT2D eigenvalue weighted by Crippen LogP contribution is -2.08. The highest BCUT2D eigenvalue weighted by molar-refractivity contribution is 7.99. The molecule has 3 aromatic rings. The van der Waals surface area contributed by atoms with E-state index in [1.54, 1.807) is 10.6 Å². The summed E-state index contributed by atoms with van der Waals surface area (Å²) < 4.78 is 41.4. The van der Waals surface area contributed by atoms with Crippen molar-refractivity contribution < 1.29 is 13.2 Å². The molecule has 0 bridgehead atoms. The predicted octanol–water partition coefficient (Wildman–Crippen LogP) is 3.86. The Balaban J connectivity index is 2.05. The molecule has 0 saturated carbocycles. The summed E-state index contributed by atoms with van der Waals surface area (Å²) in [6, 6.07) is 5.08. The molecule has 1 aromatic carbocycles. The van der Waals surface area contributed by atoms with Crippen LogP contribution in [0.1, 0.15) is 24.0 Å². The van der Waals surface area contributed by atoms with Gasteiger partial charge in [0.1, 0.15) is 6.33 Å². The van der Waals surface area contributed by atoms with Gasteiger partial charge in [0, 0.05) is 17.9 Å². The molecule has 6 nitrogen and oxygen atoms in total. The van der Waals surface area contributed by atoms with E-state index >= 15 is 0 Å². The van der Waals surface area contributed by atoms with Crippen LogP contribution in [-0.4, -0.2) is 19.5 Å². The Morgan fingerprint density at radius 3 is 2.75 bits per heavy atom. The number of nitrogen functional groups attached to an aromatic ring is 1. The number of hydrogen-bond acceptors (Lipinski definition) is 6. The Labute approximate surface area is 162 Å². The van der Waals surface area contributed by atoms with Gasteiger partial charge in [-0.2, -0.15) is 18.4 Å². The molecule has 0 saturated heterocycles. The summed E-state index contributed by atoms with van der Waals surface area (Å²) in [5.41, 5.74) is 5.28. The number of nitrogens with two attached hydrogens (primary N) is 1. The number of alkyl halides is 3. The molecule has 0 aliphatic carbocycles. The highest BCUT2D eigenvalue weighted by Gasteiger charge is 2.34. The second-order valence-electron chi connectivity index (χ2n) is 5.70. The third-order valence-electron chi connectivity index (χ3n) is 3.85. The first kappa shape index (κ1) is 19.5. The summed E-state index contributed by atoms with van der Waals surface area (Å²) in [5, 5.41) is 9.35. The Morgan fingerprint density at radius 1 is 1.29 bits per heavy atom. The van der Waals surface area contributed by atoms with Crippen LogP contribution in [0.15, 0.2) is 34.6 Å². The lowest BCUT2D eigenvalue weighted by atomic mass is 10.1. The molecule has 2 heterocycles. The van der Waals surface area contributed by atoms with Gasteiger partial charge >= 0.3 is 6.18 Å². The first-order valence-electron chi connectivity index (χ1n) is 8.04. The molecule has 0 aliphatic rings. The van der Waals surface area contributed by atoms with Gasteiger partial charge in [-0.15, -0.1) is 12.3 Å². The van der Waals surface area contributed by atoms with Crippen LogP contribution < -0.4 is 5.73 Å². The summed E-state index contributed by atoms with van der Waals surface area (Å²) in [4.78, 5) is 12.8. The summed E-state index contributed by atoms with van der Waals surface area (Å²) in [7, 11) is 0. The second-order valence-corrected chi connectivity index (χ2v) is 6.74. The number of terminal acetylenes is 1. The van der Waals surface area contributed by atoms with Gasteiger partial charge in [-0.1, -0.05) is 11.8 Å². The van der Waals surface area contributed by atoms with E-state index in [1.807, 2.05) is 0 Å². The molecule has 0 atom stereocenters. The van der Waals surface area contributed by atoms with E-state index in [2.05, 4.69) is 20.9 Å². The fraction of sp³-hybridized carbons (Fsp3) is 0.222. The fourth-order valence-corrected chi connectivity index (χ4v) is 3.53. The molecule has 0 aliphatic heterocycles. The normalized spacial score (nSPS) is 11.3. The summed E-state index contributed by atoms with van der Waals surface area (Å²) in [6.45, 7) is 0.474. The first-order chi connectivity index (χ1) is 13.3. The van der Waals surface area contributed by atoms with E-state index in [0.29, 0.717) is 35.7 Å². The topological polar surface area (TPSA) is 93.4 Å². The molecule has 0 radical (unpaired) electrons. The van der Waals surface area contributed by atoms with Gasteiger partial charge in [0.15, 0.2) is 22.1 Å². The predicted molar refractivity (Wildman–Crippen MR) is 98.1 cm³/mol. The quantitative estimate of drug-likeness (QED) is 0.514. The van der Waals surface area contributed by atoms with Crippen LogP contribution in [0.2, 0.25) is 0 Å². The van der Waals surface area contributed by atoms with Crippen LogP contribution >= 0.6 is 11.8 Å². The van der Waals surface area contributed by atoms with Gasteiger partial charge in [-0.05, 0) is 24.6 Å². The van der Waals surface area contributed by atoms with Gasteiger partial charge < -0.3 is 10.3 Å². The molecular formula is C18H13F3N6S. The summed E-state index contributed by atoms with van der Waals surface area (Å²) in [5.74, 6) is 2.72. The zero-order chi connectivity index (χ0) is 20.3. The average molecular weight is 402 g/mol. The van der Waals surface area contributed by atoms with Crippen LogP contribution in [-0.2, 0) is 12.7 Å². The Hall–Kier alpha value is -3.24. The molecule has 0 amide bonds. The highest BCUT2D eigenvalue weighted by Crippen LogP contribution is 2.37. The van der Waals surface area contributed by atoms with Crippen molar-refractivity contribution in [3.8, 4) is 18.4 Å². The maximum atomic E-state index is 13.2. The molecular weight excluding hydrogens is 389 g/mol. The fourth-order valence-electron chi connectivity index (χ4n) is 2.58. The molecule has 0 spiro atoms. The summed E-state index contributed by atoms with van der Waals surface area (Å²) in [6.07, 6.45) is 3.13. The third-order valence-corrected chi connectivity index (χ3v) is 4.84. The van der Waals surface area contributed by atoms with E-state index < -0.39 is 17.3 Å². The molecule has 2 N–H and O–H groups in total. The van der Waals surface area contributed by atoms with Gasteiger partial charge in [-0.3, -0.25) is 0 Å². The molecule has 28 heavy (non-hydrogen) atoms. The van der Waals surface area contributed by atoms with Gasteiger partial charge in [-0.25, -0.2) is 15.0 Å². The number of halogens is 3. The number of anilines is 1. The minimum Gasteiger partial charge on any atom is -0.382 e. The van der Waals surface area contributed by atoms with Crippen molar-refractivity contribution in [2.24, 2.45) is 0 Å². The number of aromatic nitrogens is 4. The number of aryl methyl sites for hydroxylation is 1. The van der Waals surface area contributed by atoms with E-state index in [9.17, 15) is 13.2 Å². The SMILES string of the molecule is C#CCCCn1c(Sc2ccc(C#N)c(C(F)(F)F)c2)nc2c(N)ncnc21. The van der Waals surface area contributed by atoms with Gasteiger partial charge in [0.2, 0.25) is 0 Å². The summed E-state index contributed by atoms with van der Waals surface area (Å²) >= 11 is 1.02. The zero-order valence-corrected chi connectivity index (χ0v) is 15.2. The molecule has 2 aromatic heterocycles. The standard InChI is InChI=1S/C18H13F3N6S/c1-2-3-4-7-27-16-14(15(23)24-10-25-16)26-17(27)28-12-6-5-11(9-22)13(8-12)18(19,20)21/h1,5-6,8,10H,3-4,7H2,(H2,23,24,25). The van der Waals surface area contributed by atoms with Crippen molar-refractivity contribution in [3.05, 3.63) is 35.7 Å². The maximum Gasteiger partial charge on any atom is 0.417 e. The Kier molecular flexibility index (Phi) is 5.43. The average Bonchev–Trinajstić information content (AvgIpc) is 3.00. The molecule has 0 unspecified atom stereocenters. The number of hydrogen-bond donors (Lipinski definition) is 1. The number of benzene rings is 1. The first-order valence-corrected chi connectivity index (χ1v) is 8.86. The number of unbranched alkanes of at least 4 members (excludes halogenated alkanes) is 1.